The average Bonchev–Trinajstić information content (AvgIpc) is 2.28. The van der Waals surface area contributed by atoms with Crippen LogP contribution in [0.4, 0.5) is 0 Å². The third-order valence-electron chi connectivity index (χ3n) is 2.11. The maximum atomic E-state index is 12.1. The standard InChI is InChI=1S/C10H13Cl2N3O/c1-3-5-15(4-2)10(16)7-6-8(11)13-14-9(7)12/h6H,3-5H2,1-2H3. The number of carbonyl (C=O) groups is 1. The maximum Gasteiger partial charge on any atom is 0.257 e. The molecule has 0 aliphatic rings. The van der Waals surface area contributed by atoms with E-state index in [1.165, 1.54) is 6.07 Å². The van der Waals surface area contributed by atoms with Crippen LogP contribution in [0.15, 0.2) is 6.07 Å². The van der Waals surface area contributed by atoms with Crippen LogP contribution >= 0.6 is 23.2 Å². The van der Waals surface area contributed by atoms with Crippen molar-refractivity contribution in [3.8, 4) is 0 Å². The first-order chi connectivity index (χ1) is 7.60. The minimum absolute atomic E-state index is 0.0870. The number of amides is 1. The van der Waals surface area contributed by atoms with Gasteiger partial charge in [-0.3, -0.25) is 4.79 Å². The summed E-state index contributed by atoms with van der Waals surface area (Å²) in [6.07, 6.45) is 0.892. The van der Waals surface area contributed by atoms with Crippen LogP contribution in [0.1, 0.15) is 30.6 Å². The van der Waals surface area contributed by atoms with Gasteiger partial charge in [0, 0.05) is 13.1 Å². The van der Waals surface area contributed by atoms with Crippen molar-refractivity contribution >= 4 is 29.1 Å². The first-order valence-electron chi connectivity index (χ1n) is 5.08. The fraction of sp³-hybridized carbons (Fsp3) is 0.500. The quantitative estimate of drug-likeness (QED) is 0.837. The molecule has 1 heterocycles. The minimum Gasteiger partial charge on any atom is -0.339 e. The Balaban J connectivity index is 2.98. The SMILES string of the molecule is CCCN(CC)C(=O)c1cc(Cl)nnc1Cl. The van der Waals surface area contributed by atoms with Crippen molar-refractivity contribution in [2.24, 2.45) is 0 Å². The van der Waals surface area contributed by atoms with E-state index in [-0.39, 0.29) is 16.2 Å². The zero-order chi connectivity index (χ0) is 12.1. The Morgan fingerprint density at radius 3 is 2.62 bits per heavy atom. The molecule has 0 atom stereocenters. The van der Waals surface area contributed by atoms with Crippen LogP contribution in [0.2, 0.25) is 10.3 Å². The van der Waals surface area contributed by atoms with Crippen LogP contribution in [0.25, 0.3) is 0 Å². The number of nitrogens with zero attached hydrogens (tertiary/aromatic N) is 3. The number of halogens is 2. The van der Waals surface area contributed by atoms with Crippen molar-refractivity contribution in [1.29, 1.82) is 0 Å². The normalized spacial score (nSPS) is 10.2. The first kappa shape index (κ1) is 13.2. The second kappa shape index (κ2) is 6.01. The van der Waals surface area contributed by atoms with Gasteiger partial charge in [0.1, 0.15) is 0 Å². The Morgan fingerprint density at radius 1 is 1.38 bits per heavy atom. The molecule has 1 aromatic heterocycles. The highest BCUT2D eigenvalue weighted by Gasteiger charge is 2.18. The fourth-order valence-corrected chi connectivity index (χ4v) is 1.67. The molecule has 6 heteroatoms. The molecule has 0 fully saturated rings. The van der Waals surface area contributed by atoms with Crippen LogP contribution in [0.5, 0.6) is 0 Å². The van der Waals surface area contributed by atoms with Crippen molar-refractivity contribution < 1.29 is 4.79 Å². The summed E-state index contributed by atoms with van der Waals surface area (Å²) in [6, 6.07) is 1.44. The molecule has 0 radical (unpaired) electrons. The summed E-state index contributed by atoms with van der Waals surface area (Å²) in [5.74, 6) is -0.161. The van der Waals surface area contributed by atoms with Crippen LogP contribution < -0.4 is 0 Å². The van der Waals surface area contributed by atoms with Gasteiger partial charge in [0.05, 0.1) is 5.56 Å². The molecule has 0 bridgehead atoms. The Kier molecular flexibility index (Phi) is 4.96. The molecule has 0 aromatic carbocycles. The van der Waals surface area contributed by atoms with E-state index < -0.39 is 0 Å². The van der Waals surface area contributed by atoms with Crippen molar-refractivity contribution in [2.75, 3.05) is 13.1 Å². The molecule has 0 saturated carbocycles. The van der Waals surface area contributed by atoms with Gasteiger partial charge in [-0.2, -0.15) is 0 Å². The Morgan fingerprint density at radius 2 is 2.06 bits per heavy atom. The lowest BCUT2D eigenvalue weighted by Gasteiger charge is -2.20. The summed E-state index contributed by atoms with van der Waals surface area (Å²) < 4.78 is 0. The summed E-state index contributed by atoms with van der Waals surface area (Å²) in [4.78, 5) is 13.7. The van der Waals surface area contributed by atoms with Crippen molar-refractivity contribution in [3.63, 3.8) is 0 Å². The van der Waals surface area contributed by atoms with Gasteiger partial charge in [-0.25, -0.2) is 0 Å². The average molecular weight is 262 g/mol. The topological polar surface area (TPSA) is 46.1 Å². The summed E-state index contributed by atoms with van der Waals surface area (Å²) in [6.45, 7) is 5.24. The van der Waals surface area contributed by atoms with Gasteiger partial charge < -0.3 is 4.90 Å². The molecule has 16 heavy (non-hydrogen) atoms. The van der Waals surface area contributed by atoms with E-state index in [1.807, 2.05) is 13.8 Å². The van der Waals surface area contributed by atoms with E-state index >= 15 is 0 Å². The largest absolute Gasteiger partial charge is 0.339 e. The molecule has 88 valence electrons. The summed E-state index contributed by atoms with van der Waals surface area (Å²) in [5.41, 5.74) is 0.303. The monoisotopic (exact) mass is 261 g/mol. The highest BCUT2D eigenvalue weighted by atomic mass is 35.5. The van der Waals surface area contributed by atoms with Gasteiger partial charge in [0.25, 0.3) is 5.91 Å². The van der Waals surface area contributed by atoms with Crippen LogP contribution in [-0.4, -0.2) is 34.1 Å². The van der Waals surface area contributed by atoms with Crippen molar-refractivity contribution in [2.45, 2.75) is 20.3 Å². The molecule has 1 aromatic rings. The summed E-state index contributed by atoms with van der Waals surface area (Å²) >= 11 is 11.5. The summed E-state index contributed by atoms with van der Waals surface area (Å²) in [5, 5.41) is 7.43. The van der Waals surface area contributed by atoms with E-state index in [4.69, 9.17) is 23.2 Å². The smallest absolute Gasteiger partial charge is 0.257 e. The minimum atomic E-state index is -0.161. The fourth-order valence-electron chi connectivity index (χ4n) is 1.35. The lowest BCUT2D eigenvalue weighted by atomic mass is 10.2. The van der Waals surface area contributed by atoms with E-state index in [0.29, 0.717) is 18.7 Å². The van der Waals surface area contributed by atoms with Gasteiger partial charge in [-0.15, -0.1) is 10.2 Å². The molecule has 1 amide bonds. The second-order valence-corrected chi connectivity index (χ2v) is 4.00. The zero-order valence-corrected chi connectivity index (χ0v) is 10.7. The molecule has 0 N–H and O–H groups in total. The predicted molar refractivity (Wildman–Crippen MR) is 63.9 cm³/mol. The van der Waals surface area contributed by atoms with Crippen molar-refractivity contribution in [3.05, 3.63) is 21.9 Å². The van der Waals surface area contributed by atoms with E-state index in [1.54, 1.807) is 4.90 Å². The number of aromatic nitrogens is 2. The molecule has 0 spiro atoms. The van der Waals surface area contributed by atoms with E-state index in [0.717, 1.165) is 6.42 Å². The lowest BCUT2D eigenvalue weighted by Crippen LogP contribution is -2.31. The molecule has 4 nitrogen and oxygen atoms in total. The van der Waals surface area contributed by atoms with Gasteiger partial charge in [-0.05, 0) is 19.4 Å². The highest BCUT2D eigenvalue weighted by molar-refractivity contribution is 6.34. The predicted octanol–water partition coefficient (Wildman–Crippen LogP) is 2.66. The van der Waals surface area contributed by atoms with Crippen LogP contribution in [0.3, 0.4) is 0 Å². The van der Waals surface area contributed by atoms with Crippen LogP contribution in [0, 0.1) is 0 Å². The summed E-state index contributed by atoms with van der Waals surface area (Å²) in [7, 11) is 0. The third kappa shape index (κ3) is 3.06. The number of hydrogen-bond donors (Lipinski definition) is 0. The molecule has 0 saturated heterocycles. The van der Waals surface area contributed by atoms with Gasteiger partial charge in [0.2, 0.25) is 0 Å². The Bertz CT molecular complexity index is 384. The van der Waals surface area contributed by atoms with Gasteiger partial charge in [-0.1, -0.05) is 30.1 Å². The second-order valence-electron chi connectivity index (χ2n) is 3.26. The van der Waals surface area contributed by atoms with Gasteiger partial charge >= 0.3 is 0 Å². The zero-order valence-electron chi connectivity index (χ0n) is 9.20. The Labute approximate surface area is 105 Å². The number of hydrogen-bond acceptors (Lipinski definition) is 3. The van der Waals surface area contributed by atoms with E-state index in [9.17, 15) is 4.79 Å². The molecular weight excluding hydrogens is 249 g/mol. The third-order valence-corrected chi connectivity index (χ3v) is 2.58. The lowest BCUT2D eigenvalue weighted by molar-refractivity contribution is 0.0764. The maximum absolute atomic E-state index is 12.1. The highest BCUT2D eigenvalue weighted by Crippen LogP contribution is 2.17. The van der Waals surface area contributed by atoms with Gasteiger partial charge in [0.15, 0.2) is 10.3 Å². The van der Waals surface area contributed by atoms with Crippen molar-refractivity contribution in [1.82, 2.24) is 15.1 Å². The first-order valence-corrected chi connectivity index (χ1v) is 5.83. The van der Waals surface area contributed by atoms with E-state index in [2.05, 4.69) is 10.2 Å². The number of rotatable bonds is 4. The molecular formula is C10H13Cl2N3O. The molecule has 0 aliphatic heterocycles. The molecule has 0 aliphatic carbocycles. The molecule has 1 rings (SSSR count). The Hall–Kier alpha value is -0.870. The molecule has 0 unspecified atom stereocenters. The number of carbonyl (C=O) groups excluding carboxylic acids is 1. The van der Waals surface area contributed by atoms with Crippen LogP contribution in [-0.2, 0) is 0 Å².